The van der Waals surface area contributed by atoms with Gasteiger partial charge in [-0.2, -0.15) is 0 Å². The van der Waals surface area contributed by atoms with Gasteiger partial charge in [0.2, 0.25) is 11.8 Å². The van der Waals surface area contributed by atoms with Gasteiger partial charge in [-0.25, -0.2) is 0 Å². The quantitative estimate of drug-likeness (QED) is 0.621. The molecule has 1 aromatic rings. The van der Waals surface area contributed by atoms with Crippen molar-refractivity contribution in [3.05, 3.63) is 29.8 Å². The second-order valence-electron chi connectivity index (χ2n) is 10.7. The van der Waals surface area contributed by atoms with Gasteiger partial charge >= 0.3 is 0 Å². The third-order valence-electron chi connectivity index (χ3n) is 6.34. The highest BCUT2D eigenvalue weighted by Crippen LogP contribution is 2.25. The molecule has 184 valence electrons. The molecule has 1 aliphatic heterocycles. The van der Waals surface area contributed by atoms with Crippen LogP contribution in [-0.2, 0) is 9.59 Å². The number of rotatable bonds is 8. The van der Waals surface area contributed by atoms with Crippen molar-refractivity contribution in [3.63, 3.8) is 0 Å². The lowest BCUT2D eigenvalue weighted by molar-refractivity contribution is -0.134. The summed E-state index contributed by atoms with van der Waals surface area (Å²) in [7, 11) is 1.57. The number of hydrogen-bond donors (Lipinski definition) is 2. The molecule has 7 heteroatoms. The van der Waals surface area contributed by atoms with E-state index < -0.39 is 6.04 Å². The highest BCUT2D eigenvalue weighted by molar-refractivity contribution is 5.97. The van der Waals surface area contributed by atoms with Crippen LogP contribution in [0.2, 0.25) is 0 Å². The van der Waals surface area contributed by atoms with Gasteiger partial charge in [0.1, 0.15) is 11.8 Å². The number of carbonyl (C=O) groups is 3. The van der Waals surface area contributed by atoms with Gasteiger partial charge in [0.05, 0.1) is 7.11 Å². The number of amides is 3. The van der Waals surface area contributed by atoms with Gasteiger partial charge < -0.3 is 20.3 Å². The van der Waals surface area contributed by atoms with E-state index in [1.54, 1.807) is 31.4 Å². The number of nitrogens with zero attached hydrogens (tertiary/aromatic N) is 1. The Morgan fingerprint density at radius 1 is 1.03 bits per heavy atom. The Kier molecular flexibility index (Phi) is 9.32. The van der Waals surface area contributed by atoms with Crippen molar-refractivity contribution in [2.45, 2.75) is 72.9 Å². The van der Waals surface area contributed by atoms with E-state index in [9.17, 15) is 14.4 Å². The molecule has 2 N–H and O–H groups in total. The van der Waals surface area contributed by atoms with Gasteiger partial charge in [0.15, 0.2) is 0 Å². The summed E-state index contributed by atoms with van der Waals surface area (Å²) in [5.41, 5.74) is 0.415. The smallest absolute Gasteiger partial charge is 0.251 e. The zero-order valence-corrected chi connectivity index (χ0v) is 21.2. The summed E-state index contributed by atoms with van der Waals surface area (Å²) < 4.78 is 5.16. The first kappa shape index (κ1) is 26.7. The van der Waals surface area contributed by atoms with E-state index in [1.807, 2.05) is 11.8 Å². The number of carbonyl (C=O) groups excluding carboxylic acids is 3. The monoisotopic (exact) mass is 459 g/mol. The molecule has 0 aromatic heterocycles. The predicted molar refractivity (Wildman–Crippen MR) is 130 cm³/mol. The van der Waals surface area contributed by atoms with Gasteiger partial charge in [0.25, 0.3) is 5.91 Å². The van der Waals surface area contributed by atoms with E-state index in [-0.39, 0.29) is 41.0 Å². The molecule has 2 rings (SSSR count). The number of methoxy groups -OCH3 is 1. The second kappa shape index (κ2) is 11.5. The van der Waals surface area contributed by atoms with Crippen LogP contribution < -0.4 is 15.4 Å². The van der Waals surface area contributed by atoms with Crippen LogP contribution in [0.5, 0.6) is 5.75 Å². The molecular formula is C26H41N3O4. The van der Waals surface area contributed by atoms with Crippen molar-refractivity contribution in [2.75, 3.05) is 20.2 Å². The fourth-order valence-electron chi connectivity index (χ4n) is 3.89. The van der Waals surface area contributed by atoms with Crippen LogP contribution in [0.3, 0.4) is 0 Å². The van der Waals surface area contributed by atoms with Crippen LogP contribution >= 0.6 is 0 Å². The van der Waals surface area contributed by atoms with Crippen molar-refractivity contribution >= 4 is 17.7 Å². The number of benzene rings is 1. The van der Waals surface area contributed by atoms with Crippen LogP contribution in [0.4, 0.5) is 0 Å². The van der Waals surface area contributed by atoms with E-state index in [4.69, 9.17) is 4.74 Å². The molecule has 7 nitrogen and oxygen atoms in total. The SMILES string of the molecule is COc1ccc(C(=O)N[C@H](C(=O)N[C@H](C)C(C)C)C2CCN(C(=O)CC(C)(C)C)CC2)cc1. The molecule has 1 fully saturated rings. The Bertz CT molecular complexity index is 806. The molecule has 1 saturated heterocycles. The van der Waals surface area contributed by atoms with Gasteiger partial charge in [0, 0.05) is 31.1 Å². The van der Waals surface area contributed by atoms with E-state index in [1.165, 1.54) is 0 Å². The van der Waals surface area contributed by atoms with Gasteiger partial charge in [-0.05, 0) is 61.3 Å². The van der Waals surface area contributed by atoms with E-state index in [2.05, 4.69) is 45.3 Å². The maximum atomic E-state index is 13.2. The number of nitrogens with one attached hydrogen (secondary N) is 2. The summed E-state index contributed by atoms with van der Waals surface area (Å²) in [5, 5.41) is 6.03. The summed E-state index contributed by atoms with van der Waals surface area (Å²) in [4.78, 5) is 40.7. The zero-order chi connectivity index (χ0) is 24.8. The van der Waals surface area contributed by atoms with E-state index in [0.717, 1.165) is 0 Å². The molecule has 0 spiro atoms. The van der Waals surface area contributed by atoms with Crippen molar-refractivity contribution in [1.82, 2.24) is 15.5 Å². The number of ether oxygens (including phenoxy) is 1. The number of likely N-dealkylation sites (tertiary alicyclic amines) is 1. The van der Waals surface area contributed by atoms with Gasteiger partial charge in [-0.3, -0.25) is 14.4 Å². The third-order valence-corrected chi connectivity index (χ3v) is 6.34. The lowest BCUT2D eigenvalue weighted by Gasteiger charge is -2.37. The molecule has 2 atom stereocenters. The maximum absolute atomic E-state index is 13.2. The van der Waals surface area contributed by atoms with E-state index in [0.29, 0.717) is 43.7 Å². The first-order valence-electron chi connectivity index (χ1n) is 11.9. The Labute approximate surface area is 198 Å². The lowest BCUT2D eigenvalue weighted by Crippen LogP contribution is -2.55. The first-order chi connectivity index (χ1) is 15.4. The van der Waals surface area contributed by atoms with Crippen molar-refractivity contribution in [3.8, 4) is 5.75 Å². The van der Waals surface area contributed by atoms with Crippen molar-refractivity contribution < 1.29 is 19.1 Å². The number of hydrogen-bond acceptors (Lipinski definition) is 4. The molecular weight excluding hydrogens is 418 g/mol. The standard InChI is InChI=1S/C26H41N3O4/c1-17(2)18(3)27-25(32)23(28-24(31)20-8-10-21(33-7)11-9-20)19-12-14-29(15-13-19)22(30)16-26(4,5)6/h8-11,17-19,23H,12-16H2,1-7H3,(H,27,32)(H,28,31)/t18-,23+/m1/s1. The zero-order valence-electron chi connectivity index (χ0n) is 21.2. The minimum atomic E-state index is -0.652. The molecule has 1 aliphatic rings. The molecule has 1 heterocycles. The highest BCUT2D eigenvalue weighted by Gasteiger charge is 2.35. The van der Waals surface area contributed by atoms with Crippen LogP contribution in [0.25, 0.3) is 0 Å². The van der Waals surface area contributed by atoms with Gasteiger partial charge in [-0.1, -0.05) is 34.6 Å². The fraction of sp³-hybridized carbons (Fsp3) is 0.654. The molecule has 3 amide bonds. The average Bonchev–Trinajstić information content (AvgIpc) is 2.76. The second-order valence-corrected chi connectivity index (χ2v) is 10.7. The van der Waals surface area contributed by atoms with Crippen molar-refractivity contribution in [2.24, 2.45) is 17.3 Å². The molecule has 33 heavy (non-hydrogen) atoms. The maximum Gasteiger partial charge on any atom is 0.251 e. The van der Waals surface area contributed by atoms with Gasteiger partial charge in [-0.15, -0.1) is 0 Å². The summed E-state index contributed by atoms with van der Waals surface area (Å²) in [6.45, 7) is 13.4. The summed E-state index contributed by atoms with van der Waals surface area (Å²) >= 11 is 0. The van der Waals surface area contributed by atoms with Crippen LogP contribution in [0, 0.1) is 17.3 Å². The summed E-state index contributed by atoms with van der Waals surface area (Å²) in [6, 6.07) is 6.17. The van der Waals surface area contributed by atoms with Crippen molar-refractivity contribution in [1.29, 1.82) is 0 Å². The Morgan fingerprint density at radius 2 is 1.61 bits per heavy atom. The Morgan fingerprint density at radius 3 is 2.09 bits per heavy atom. The topological polar surface area (TPSA) is 87.7 Å². The molecule has 0 radical (unpaired) electrons. The van der Waals surface area contributed by atoms with Crippen LogP contribution in [0.15, 0.2) is 24.3 Å². The summed E-state index contributed by atoms with van der Waals surface area (Å²) in [5.74, 6) is 0.601. The fourth-order valence-corrected chi connectivity index (χ4v) is 3.89. The first-order valence-corrected chi connectivity index (χ1v) is 11.9. The highest BCUT2D eigenvalue weighted by atomic mass is 16.5. The molecule has 1 aromatic carbocycles. The molecule has 0 unspecified atom stereocenters. The number of piperidine rings is 1. The molecule has 0 bridgehead atoms. The van der Waals surface area contributed by atoms with Crippen LogP contribution in [-0.4, -0.2) is 54.9 Å². The molecule has 0 saturated carbocycles. The van der Waals surface area contributed by atoms with Crippen LogP contribution in [0.1, 0.15) is 71.2 Å². The Hall–Kier alpha value is -2.57. The lowest BCUT2D eigenvalue weighted by atomic mass is 9.86. The Balaban J connectivity index is 2.11. The minimum absolute atomic E-state index is 0.00802. The average molecular weight is 460 g/mol. The minimum Gasteiger partial charge on any atom is -0.497 e. The largest absolute Gasteiger partial charge is 0.497 e. The summed E-state index contributed by atoms with van der Waals surface area (Å²) in [6.07, 6.45) is 1.85. The van der Waals surface area contributed by atoms with E-state index >= 15 is 0 Å². The predicted octanol–water partition coefficient (Wildman–Crippen LogP) is 3.63. The molecule has 0 aliphatic carbocycles. The normalized spacial score (nSPS) is 16.8. The third kappa shape index (κ3) is 8.06.